The van der Waals surface area contributed by atoms with E-state index in [0.29, 0.717) is 17.6 Å². The lowest BCUT2D eigenvalue weighted by molar-refractivity contribution is -0.126. The molecule has 0 aromatic carbocycles. The molecule has 0 heterocycles. The zero-order valence-electron chi connectivity index (χ0n) is 12.3. The number of carbonyl (C=O) groups excluding carboxylic acids is 1. The van der Waals surface area contributed by atoms with E-state index in [4.69, 9.17) is 18.0 Å². The number of amides is 1. The van der Waals surface area contributed by atoms with Gasteiger partial charge >= 0.3 is 0 Å². The predicted molar refractivity (Wildman–Crippen MR) is 83.1 cm³/mol. The number of carbonyl (C=O) groups is 1. The molecule has 5 heteroatoms. The smallest absolute Gasteiger partial charge is 0.237 e. The quantitative estimate of drug-likeness (QED) is 0.729. The molecule has 0 saturated heterocycles. The molecule has 2 atom stereocenters. The maximum Gasteiger partial charge on any atom is 0.237 e. The van der Waals surface area contributed by atoms with E-state index in [9.17, 15) is 4.79 Å². The van der Waals surface area contributed by atoms with Gasteiger partial charge in [0.15, 0.2) is 0 Å². The van der Waals surface area contributed by atoms with Gasteiger partial charge in [-0.1, -0.05) is 38.4 Å². The van der Waals surface area contributed by atoms with E-state index in [1.807, 2.05) is 25.8 Å². The topological polar surface area (TPSA) is 58.4 Å². The fourth-order valence-electron chi connectivity index (χ4n) is 2.45. The predicted octanol–water partition coefficient (Wildman–Crippen LogP) is 1.68. The second kappa shape index (κ2) is 7.80. The Morgan fingerprint density at radius 1 is 1.37 bits per heavy atom. The minimum Gasteiger partial charge on any atom is -0.393 e. The number of thiocarbonyl (C=S) groups is 1. The first-order chi connectivity index (χ1) is 8.91. The number of nitrogens with two attached hydrogens (primary N) is 1. The largest absolute Gasteiger partial charge is 0.393 e. The van der Waals surface area contributed by atoms with Crippen molar-refractivity contribution in [3.05, 3.63) is 0 Å². The number of nitrogens with zero attached hydrogens (tertiary/aromatic N) is 1. The number of nitrogens with one attached hydrogen (secondary N) is 1. The number of hydrogen-bond acceptors (Lipinski definition) is 3. The molecule has 0 spiro atoms. The second-order valence-electron chi connectivity index (χ2n) is 5.76. The summed E-state index contributed by atoms with van der Waals surface area (Å²) in [6.45, 7) is 4.64. The van der Waals surface area contributed by atoms with Crippen LogP contribution in [0.4, 0.5) is 0 Å². The Morgan fingerprint density at radius 2 is 1.95 bits per heavy atom. The first kappa shape index (κ1) is 16.4. The van der Waals surface area contributed by atoms with Crippen molar-refractivity contribution in [3.63, 3.8) is 0 Å². The van der Waals surface area contributed by atoms with Gasteiger partial charge in [0.2, 0.25) is 5.91 Å². The average molecular weight is 285 g/mol. The highest BCUT2D eigenvalue weighted by atomic mass is 32.1. The molecule has 19 heavy (non-hydrogen) atoms. The summed E-state index contributed by atoms with van der Waals surface area (Å²) < 4.78 is 0. The minimum atomic E-state index is -0.140. The lowest BCUT2D eigenvalue weighted by atomic mass is 9.95. The van der Waals surface area contributed by atoms with Gasteiger partial charge in [-0.2, -0.15) is 0 Å². The maximum atomic E-state index is 12.2. The molecule has 0 bridgehead atoms. The molecule has 0 radical (unpaired) electrons. The first-order valence-corrected chi connectivity index (χ1v) is 7.62. The molecule has 0 aromatic heterocycles. The molecule has 0 aromatic rings. The standard InChI is InChI=1S/C14H27N3OS/c1-10(13(15)19)9-17(3)11(2)14(18)16-12-7-5-4-6-8-12/h10-12H,4-9H2,1-3H3,(H2,15,19)(H,16,18). The second-order valence-corrected chi connectivity index (χ2v) is 6.23. The van der Waals surface area contributed by atoms with E-state index in [0.717, 1.165) is 12.8 Å². The van der Waals surface area contributed by atoms with E-state index in [-0.39, 0.29) is 17.9 Å². The molecule has 4 nitrogen and oxygen atoms in total. The summed E-state index contributed by atoms with van der Waals surface area (Å²) in [4.78, 5) is 14.7. The Hall–Kier alpha value is -0.680. The van der Waals surface area contributed by atoms with Gasteiger partial charge in [-0.05, 0) is 26.8 Å². The van der Waals surface area contributed by atoms with Crippen LogP contribution in [0.5, 0.6) is 0 Å². The molecule has 1 amide bonds. The van der Waals surface area contributed by atoms with Crippen LogP contribution in [-0.4, -0.2) is 41.5 Å². The van der Waals surface area contributed by atoms with Crippen molar-refractivity contribution in [2.45, 2.75) is 58.0 Å². The Morgan fingerprint density at radius 3 is 2.47 bits per heavy atom. The third kappa shape index (κ3) is 5.45. The third-order valence-electron chi connectivity index (χ3n) is 4.04. The van der Waals surface area contributed by atoms with Crippen molar-refractivity contribution in [1.82, 2.24) is 10.2 Å². The van der Waals surface area contributed by atoms with Gasteiger partial charge in [0.25, 0.3) is 0 Å². The van der Waals surface area contributed by atoms with Gasteiger partial charge in [-0.15, -0.1) is 0 Å². The molecule has 2 unspecified atom stereocenters. The summed E-state index contributed by atoms with van der Waals surface area (Å²) in [7, 11) is 1.94. The molecule has 1 fully saturated rings. The Kier molecular flexibility index (Phi) is 6.72. The number of rotatable bonds is 6. The van der Waals surface area contributed by atoms with Crippen molar-refractivity contribution in [2.75, 3.05) is 13.6 Å². The fourth-order valence-corrected chi connectivity index (χ4v) is 2.52. The summed E-state index contributed by atoms with van der Waals surface area (Å²) in [6, 6.07) is 0.226. The minimum absolute atomic E-state index is 0.115. The normalized spacial score (nSPS) is 20.0. The van der Waals surface area contributed by atoms with E-state index >= 15 is 0 Å². The van der Waals surface area contributed by atoms with Crippen LogP contribution < -0.4 is 11.1 Å². The molecule has 3 N–H and O–H groups in total. The molecule has 1 aliphatic rings. The SMILES string of the molecule is CC(CN(C)C(C)C(=O)NC1CCCCC1)C(N)=S. The summed E-state index contributed by atoms with van der Waals surface area (Å²) in [6.07, 6.45) is 5.99. The van der Waals surface area contributed by atoms with Gasteiger partial charge in [-0.3, -0.25) is 9.69 Å². The van der Waals surface area contributed by atoms with Crippen LogP contribution in [0.15, 0.2) is 0 Å². The number of likely N-dealkylation sites (N-methyl/N-ethyl adjacent to an activating group) is 1. The highest BCUT2D eigenvalue weighted by molar-refractivity contribution is 7.80. The Bertz CT molecular complexity index is 316. The van der Waals surface area contributed by atoms with Crippen LogP contribution >= 0.6 is 12.2 Å². The molecule has 0 aliphatic heterocycles. The van der Waals surface area contributed by atoms with E-state index in [1.165, 1.54) is 19.3 Å². The summed E-state index contributed by atoms with van der Waals surface area (Å²) in [5, 5.41) is 3.16. The van der Waals surface area contributed by atoms with Crippen molar-refractivity contribution in [3.8, 4) is 0 Å². The van der Waals surface area contributed by atoms with Crippen LogP contribution in [0.2, 0.25) is 0 Å². The van der Waals surface area contributed by atoms with Crippen molar-refractivity contribution in [2.24, 2.45) is 11.7 Å². The van der Waals surface area contributed by atoms with E-state index < -0.39 is 0 Å². The van der Waals surface area contributed by atoms with Gasteiger partial charge in [0, 0.05) is 18.5 Å². The number of hydrogen-bond donors (Lipinski definition) is 2. The summed E-state index contributed by atoms with van der Waals surface area (Å²) >= 11 is 4.97. The monoisotopic (exact) mass is 285 g/mol. The van der Waals surface area contributed by atoms with Gasteiger partial charge in [0.05, 0.1) is 11.0 Å². The van der Waals surface area contributed by atoms with Crippen LogP contribution in [-0.2, 0) is 4.79 Å². The van der Waals surface area contributed by atoms with Gasteiger partial charge in [0.1, 0.15) is 0 Å². The van der Waals surface area contributed by atoms with Gasteiger partial charge in [-0.25, -0.2) is 0 Å². The molecule has 1 saturated carbocycles. The van der Waals surface area contributed by atoms with Crippen molar-refractivity contribution in [1.29, 1.82) is 0 Å². The van der Waals surface area contributed by atoms with Crippen molar-refractivity contribution < 1.29 is 4.79 Å². The van der Waals surface area contributed by atoms with Crippen LogP contribution in [0, 0.1) is 5.92 Å². The lowest BCUT2D eigenvalue weighted by Crippen LogP contribution is -2.49. The highest BCUT2D eigenvalue weighted by Crippen LogP contribution is 2.17. The summed E-state index contributed by atoms with van der Waals surface area (Å²) in [5.41, 5.74) is 5.61. The highest BCUT2D eigenvalue weighted by Gasteiger charge is 2.23. The molecule has 1 rings (SSSR count). The lowest BCUT2D eigenvalue weighted by Gasteiger charge is -2.29. The molecule has 1 aliphatic carbocycles. The van der Waals surface area contributed by atoms with Gasteiger partial charge < -0.3 is 11.1 Å². The van der Waals surface area contributed by atoms with Crippen LogP contribution in [0.25, 0.3) is 0 Å². The Labute approximate surface area is 122 Å². The Balaban J connectivity index is 2.39. The first-order valence-electron chi connectivity index (χ1n) is 7.21. The molecule has 110 valence electrons. The summed E-state index contributed by atoms with van der Waals surface area (Å²) in [5.74, 6) is 0.245. The third-order valence-corrected chi connectivity index (χ3v) is 4.44. The zero-order chi connectivity index (χ0) is 14.4. The fraction of sp³-hybridized carbons (Fsp3) is 0.857. The van der Waals surface area contributed by atoms with Crippen LogP contribution in [0.3, 0.4) is 0 Å². The maximum absolute atomic E-state index is 12.2. The van der Waals surface area contributed by atoms with Crippen LogP contribution in [0.1, 0.15) is 46.0 Å². The van der Waals surface area contributed by atoms with Crippen molar-refractivity contribution >= 4 is 23.1 Å². The molecular formula is C14H27N3OS. The van der Waals surface area contributed by atoms with E-state index in [2.05, 4.69) is 5.32 Å². The average Bonchev–Trinajstić information content (AvgIpc) is 2.38. The molecular weight excluding hydrogens is 258 g/mol. The zero-order valence-corrected chi connectivity index (χ0v) is 13.1. The van der Waals surface area contributed by atoms with E-state index in [1.54, 1.807) is 0 Å².